The summed E-state index contributed by atoms with van der Waals surface area (Å²) in [6, 6.07) is 9.84. The van der Waals surface area contributed by atoms with E-state index in [0.29, 0.717) is 28.2 Å². The van der Waals surface area contributed by atoms with Gasteiger partial charge in [0.1, 0.15) is 0 Å². The molecule has 0 amide bonds. The average Bonchev–Trinajstić information content (AvgIpc) is 2.69. The average molecular weight is 422 g/mol. The zero-order chi connectivity index (χ0) is 21.9. The minimum Gasteiger partial charge on any atom is -0.368 e. The van der Waals surface area contributed by atoms with Crippen molar-refractivity contribution in [3.8, 4) is 11.8 Å². The lowest BCUT2D eigenvalue weighted by atomic mass is 10.0. The number of nitrogen functional groups attached to an aromatic ring is 1. The number of hydrogen-bond acceptors (Lipinski definition) is 6. The van der Waals surface area contributed by atoms with Gasteiger partial charge in [0.2, 0.25) is 5.95 Å². The van der Waals surface area contributed by atoms with Crippen molar-refractivity contribution in [2.45, 2.75) is 38.5 Å². The summed E-state index contributed by atoms with van der Waals surface area (Å²) in [6.45, 7) is 7.59. The predicted molar refractivity (Wildman–Crippen MR) is 117 cm³/mol. The van der Waals surface area contributed by atoms with E-state index >= 15 is 0 Å². The third kappa shape index (κ3) is 4.75. The molecule has 3 N–H and O–H groups in total. The number of rotatable bonds is 4. The molecule has 0 aliphatic rings. The number of benzene rings is 1. The molecule has 3 aromatic rings. The van der Waals surface area contributed by atoms with Crippen molar-refractivity contribution in [2.75, 3.05) is 10.5 Å². The highest BCUT2D eigenvalue weighted by Crippen LogP contribution is 2.21. The monoisotopic (exact) mass is 421 g/mol. The molecule has 154 valence electrons. The molecule has 0 unspecified atom stereocenters. The van der Waals surface area contributed by atoms with Gasteiger partial charge in [0.15, 0.2) is 0 Å². The highest BCUT2D eigenvalue weighted by atomic mass is 32.2. The summed E-state index contributed by atoms with van der Waals surface area (Å²) >= 11 is 0. The number of aryl methyl sites for hydroxylation is 2. The van der Waals surface area contributed by atoms with E-state index < -0.39 is 10.0 Å². The van der Waals surface area contributed by atoms with E-state index in [-0.39, 0.29) is 16.8 Å². The van der Waals surface area contributed by atoms with E-state index in [1.165, 1.54) is 12.1 Å². The molecule has 2 aromatic heterocycles. The molecule has 0 aliphatic heterocycles. The van der Waals surface area contributed by atoms with Gasteiger partial charge in [0.25, 0.3) is 10.0 Å². The highest BCUT2D eigenvalue weighted by molar-refractivity contribution is 7.92. The van der Waals surface area contributed by atoms with Crippen LogP contribution in [0.4, 0.5) is 11.6 Å². The van der Waals surface area contributed by atoms with Crippen LogP contribution < -0.4 is 10.5 Å². The van der Waals surface area contributed by atoms with E-state index in [1.807, 2.05) is 20.8 Å². The van der Waals surface area contributed by atoms with Crippen LogP contribution in [0.3, 0.4) is 0 Å². The smallest absolute Gasteiger partial charge is 0.261 e. The first-order valence-corrected chi connectivity index (χ1v) is 10.9. The zero-order valence-electron chi connectivity index (χ0n) is 17.3. The lowest BCUT2D eigenvalue weighted by molar-refractivity contribution is 0.601. The van der Waals surface area contributed by atoms with Crippen LogP contribution in [-0.4, -0.2) is 23.4 Å². The molecule has 0 fully saturated rings. The molecule has 1 aromatic carbocycles. The number of pyridine rings is 1. The first kappa shape index (κ1) is 21.3. The van der Waals surface area contributed by atoms with Crippen LogP contribution in [0, 0.1) is 25.7 Å². The summed E-state index contributed by atoms with van der Waals surface area (Å²) < 4.78 is 27.9. The van der Waals surface area contributed by atoms with Gasteiger partial charge in [-0.05, 0) is 38.0 Å². The minimum absolute atomic E-state index is 0.127. The Balaban J connectivity index is 1.97. The van der Waals surface area contributed by atoms with Crippen molar-refractivity contribution < 1.29 is 8.42 Å². The molecular formula is C22H23N5O2S. The molecule has 0 bridgehead atoms. The molecule has 2 heterocycles. The van der Waals surface area contributed by atoms with Crippen LogP contribution in [0.2, 0.25) is 0 Å². The molecule has 3 rings (SSSR count). The summed E-state index contributed by atoms with van der Waals surface area (Å²) in [5.41, 5.74) is 9.45. The van der Waals surface area contributed by atoms with E-state index in [2.05, 4.69) is 31.5 Å². The Labute approximate surface area is 176 Å². The van der Waals surface area contributed by atoms with Crippen molar-refractivity contribution in [3.05, 3.63) is 70.8 Å². The van der Waals surface area contributed by atoms with Crippen LogP contribution in [-0.2, 0) is 10.0 Å². The first-order valence-electron chi connectivity index (χ1n) is 9.38. The van der Waals surface area contributed by atoms with Gasteiger partial charge in [-0.3, -0.25) is 9.71 Å². The summed E-state index contributed by atoms with van der Waals surface area (Å²) in [6.07, 6.45) is 1.60. The van der Waals surface area contributed by atoms with Gasteiger partial charge in [0.05, 0.1) is 33.2 Å². The zero-order valence-corrected chi connectivity index (χ0v) is 18.1. The fraction of sp³-hybridized carbons (Fsp3) is 0.227. The minimum atomic E-state index is -3.72. The summed E-state index contributed by atoms with van der Waals surface area (Å²) in [5.74, 6) is 6.49. The standard InChI is InChI=1S/C22H23N5O2S/c1-14(2)21-19(15(3)25-22(23)26-21)11-10-17-12-20(16(4)24-13-17)27-30(28,29)18-8-6-5-7-9-18/h5-9,12-14,27H,1-4H3,(H2,23,25,26). The quantitative estimate of drug-likeness (QED) is 0.625. The molecule has 0 atom stereocenters. The Bertz CT molecular complexity index is 1240. The van der Waals surface area contributed by atoms with Gasteiger partial charge >= 0.3 is 0 Å². The Morgan fingerprint density at radius 2 is 1.73 bits per heavy atom. The first-order chi connectivity index (χ1) is 14.2. The maximum Gasteiger partial charge on any atom is 0.261 e. The van der Waals surface area contributed by atoms with E-state index in [0.717, 1.165) is 5.69 Å². The molecule has 0 spiro atoms. The SMILES string of the molecule is Cc1ncc(C#Cc2c(C)nc(N)nc2C(C)C)cc1NS(=O)(=O)c1ccccc1. The van der Waals surface area contributed by atoms with Gasteiger partial charge < -0.3 is 5.73 Å². The molecule has 0 aliphatic carbocycles. The van der Waals surface area contributed by atoms with E-state index in [1.54, 1.807) is 37.4 Å². The predicted octanol–water partition coefficient (Wildman–Crippen LogP) is 3.39. The normalized spacial score (nSPS) is 11.1. The maximum absolute atomic E-state index is 12.6. The number of nitrogens with two attached hydrogens (primary N) is 1. The molecule has 0 saturated heterocycles. The molecule has 8 heteroatoms. The topological polar surface area (TPSA) is 111 Å². The number of nitrogens with one attached hydrogen (secondary N) is 1. The van der Waals surface area contributed by atoms with Crippen LogP contribution in [0.5, 0.6) is 0 Å². The fourth-order valence-corrected chi connectivity index (χ4v) is 3.96. The van der Waals surface area contributed by atoms with Crippen molar-refractivity contribution in [3.63, 3.8) is 0 Å². The Hall–Kier alpha value is -3.44. The Morgan fingerprint density at radius 3 is 2.40 bits per heavy atom. The number of sulfonamides is 1. The Kier molecular flexibility index (Phi) is 6.04. The fourth-order valence-electron chi connectivity index (χ4n) is 2.83. The highest BCUT2D eigenvalue weighted by Gasteiger charge is 2.16. The maximum atomic E-state index is 12.6. The lowest BCUT2D eigenvalue weighted by Crippen LogP contribution is -2.14. The molecule has 30 heavy (non-hydrogen) atoms. The largest absolute Gasteiger partial charge is 0.368 e. The Morgan fingerprint density at radius 1 is 1.03 bits per heavy atom. The third-order valence-corrected chi connectivity index (χ3v) is 5.78. The van der Waals surface area contributed by atoms with Crippen molar-refractivity contribution >= 4 is 21.7 Å². The number of anilines is 2. The van der Waals surface area contributed by atoms with Gasteiger partial charge in [-0.1, -0.05) is 43.9 Å². The van der Waals surface area contributed by atoms with Crippen molar-refractivity contribution in [2.24, 2.45) is 0 Å². The third-order valence-electron chi connectivity index (χ3n) is 4.40. The van der Waals surface area contributed by atoms with Gasteiger partial charge in [-0.15, -0.1) is 0 Å². The molecule has 0 radical (unpaired) electrons. The molecular weight excluding hydrogens is 398 g/mol. The van der Waals surface area contributed by atoms with E-state index in [9.17, 15) is 8.42 Å². The van der Waals surface area contributed by atoms with Crippen LogP contribution in [0.15, 0.2) is 47.5 Å². The summed E-state index contributed by atoms with van der Waals surface area (Å²) in [5, 5.41) is 0. The van der Waals surface area contributed by atoms with Gasteiger partial charge in [-0.2, -0.15) is 0 Å². The molecule has 7 nitrogen and oxygen atoms in total. The van der Waals surface area contributed by atoms with Crippen molar-refractivity contribution in [1.29, 1.82) is 0 Å². The van der Waals surface area contributed by atoms with Crippen molar-refractivity contribution in [1.82, 2.24) is 15.0 Å². The second kappa shape index (κ2) is 8.51. The van der Waals surface area contributed by atoms with Gasteiger partial charge in [-0.25, -0.2) is 18.4 Å². The van der Waals surface area contributed by atoms with Crippen LogP contribution in [0.25, 0.3) is 0 Å². The number of aromatic nitrogens is 3. The number of nitrogens with zero attached hydrogens (tertiary/aromatic N) is 3. The molecule has 0 saturated carbocycles. The second-order valence-corrected chi connectivity index (χ2v) is 8.79. The van der Waals surface area contributed by atoms with Gasteiger partial charge in [0, 0.05) is 11.8 Å². The number of hydrogen-bond donors (Lipinski definition) is 2. The summed E-state index contributed by atoms with van der Waals surface area (Å²) in [4.78, 5) is 13.0. The summed E-state index contributed by atoms with van der Waals surface area (Å²) in [7, 11) is -3.72. The van der Waals surface area contributed by atoms with E-state index in [4.69, 9.17) is 5.73 Å². The second-order valence-electron chi connectivity index (χ2n) is 7.11. The van der Waals surface area contributed by atoms with Crippen LogP contribution in [0.1, 0.15) is 48.0 Å². The lowest BCUT2D eigenvalue weighted by Gasteiger charge is -2.11. The van der Waals surface area contributed by atoms with Crippen LogP contribution >= 0.6 is 0 Å².